The van der Waals surface area contributed by atoms with Crippen molar-refractivity contribution in [2.75, 3.05) is 6.54 Å². The van der Waals surface area contributed by atoms with E-state index in [1.165, 1.54) is 24.1 Å². The average Bonchev–Trinajstić information content (AvgIpc) is 2.77. The van der Waals surface area contributed by atoms with Crippen LogP contribution in [-0.4, -0.2) is 16.3 Å². The molecule has 3 heteroatoms. The van der Waals surface area contributed by atoms with Gasteiger partial charge in [-0.15, -0.1) is 0 Å². The summed E-state index contributed by atoms with van der Waals surface area (Å²) in [5, 5.41) is 7.92. The van der Waals surface area contributed by atoms with Crippen molar-refractivity contribution < 1.29 is 0 Å². The summed E-state index contributed by atoms with van der Waals surface area (Å²) in [6.45, 7) is 6.31. The molecule has 96 valence electrons. The third kappa shape index (κ3) is 2.99. The summed E-state index contributed by atoms with van der Waals surface area (Å²) in [6, 6.07) is 10.3. The Morgan fingerprint density at radius 1 is 1.22 bits per heavy atom. The molecule has 1 aromatic carbocycles. The van der Waals surface area contributed by atoms with E-state index >= 15 is 0 Å². The standard InChI is InChI=1S/C15H21N3/c1-3-4-10-16-11-14-12-17-18(13(14)2)15-8-6-5-7-9-15/h5-9,12,16H,3-4,10-11H2,1-2H3. The molecule has 0 aliphatic rings. The predicted octanol–water partition coefficient (Wildman–Crippen LogP) is 3.07. The molecule has 0 saturated heterocycles. The Kier molecular flexibility index (Phi) is 4.53. The van der Waals surface area contributed by atoms with Crippen LogP contribution in [-0.2, 0) is 6.54 Å². The minimum Gasteiger partial charge on any atom is -0.313 e. The van der Waals surface area contributed by atoms with Crippen LogP contribution < -0.4 is 5.32 Å². The number of hydrogen-bond donors (Lipinski definition) is 1. The van der Waals surface area contributed by atoms with E-state index in [0.717, 1.165) is 18.8 Å². The number of unbranched alkanes of at least 4 members (excludes halogenated alkanes) is 1. The van der Waals surface area contributed by atoms with E-state index in [2.05, 4.69) is 36.4 Å². The molecule has 0 radical (unpaired) electrons. The Morgan fingerprint density at radius 3 is 2.72 bits per heavy atom. The average molecular weight is 243 g/mol. The molecule has 0 aliphatic carbocycles. The highest BCUT2D eigenvalue weighted by molar-refractivity contribution is 5.34. The summed E-state index contributed by atoms with van der Waals surface area (Å²) in [6.07, 6.45) is 4.42. The van der Waals surface area contributed by atoms with Gasteiger partial charge in [0.15, 0.2) is 0 Å². The van der Waals surface area contributed by atoms with Crippen molar-refractivity contribution in [3.8, 4) is 5.69 Å². The van der Waals surface area contributed by atoms with Crippen LogP contribution in [0.1, 0.15) is 31.0 Å². The fourth-order valence-electron chi connectivity index (χ4n) is 1.97. The van der Waals surface area contributed by atoms with E-state index in [9.17, 15) is 0 Å². The first kappa shape index (κ1) is 12.8. The maximum atomic E-state index is 4.46. The highest BCUT2D eigenvalue weighted by Gasteiger charge is 2.06. The topological polar surface area (TPSA) is 29.9 Å². The normalized spacial score (nSPS) is 10.8. The van der Waals surface area contributed by atoms with Crippen molar-refractivity contribution in [3.63, 3.8) is 0 Å². The molecule has 0 atom stereocenters. The molecule has 0 amide bonds. The van der Waals surface area contributed by atoms with Crippen LogP contribution in [0.15, 0.2) is 36.5 Å². The fraction of sp³-hybridized carbons (Fsp3) is 0.400. The van der Waals surface area contributed by atoms with Crippen LogP contribution in [0.3, 0.4) is 0 Å². The summed E-state index contributed by atoms with van der Waals surface area (Å²) in [5.41, 5.74) is 3.61. The number of aromatic nitrogens is 2. The van der Waals surface area contributed by atoms with Crippen LogP contribution in [0.5, 0.6) is 0 Å². The lowest BCUT2D eigenvalue weighted by molar-refractivity contribution is 0.639. The van der Waals surface area contributed by atoms with Crippen molar-refractivity contribution >= 4 is 0 Å². The monoisotopic (exact) mass is 243 g/mol. The molecular formula is C15H21N3. The molecule has 0 unspecified atom stereocenters. The molecule has 1 aromatic heterocycles. The SMILES string of the molecule is CCCCNCc1cnn(-c2ccccc2)c1C. The van der Waals surface area contributed by atoms with Gasteiger partial charge < -0.3 is 5.32 Å². The number of hydrogen-bond acceptors (Lipinski definition) is 2. The maximum Gasteiger partial charge on any atom is 0.0648 e. The van der Waals surface area contributed by atoms with Crippen molar-refractivity contribution in [2.24, 2.45) is 0 Å². The summed E-state index contributed by atoms with van der Waals surface area (Å²) in [4.78, 5) is 0. The van der Waals surface area contributed by atoms with E-state index in [1.54, 1.807) is 0 Å². The Hall–Kier alpha value is -1.61. The number of para-hydroxylation sites is 1. The quantitative estimate of drug-likeness (QED) is 0.790. The van der Waals surface area contributed by atoms with Crippen LogP contribution >= 0.6 is 0 Å². The maximum absolute atomic E-state index is 4.46. The first-order valence-electron chi connectivity index (χ1n) is 6.62. The summed E-state index contributed by atoms with van der Waals surface area (Å²) < 4.78 is 2.00. The van der Waals surface area contributed by atoms with Gasteiger partial charge in [0.25, 0.3) is 0 Å². The highest BCUT2D eigenvalue weighted by atomic mass is 15.3. The minimum atomic E-state index is 0.901. The highest BCUT2D eigenvalue weighted by Crippen LogP contribution is 2.13. The van der Waals surface area contributed by atoms with Gasteiger partial charge in [0, 0.05) is 17.8 Å². The fourth-order valence-corrected chi connectivity index (χ4v) is 1.97. The third-order valence-electron chi connectivity index (χ3n) is 3.13. The first-order valence-corrected chi connectivity index (χ1v) is 6.62. The van der Waals surface area contributed by atoms with E-state index in [4.69, 9.17) is 0 Å². The second kappa shape index (κ2) is 6.36. The van der Waals surface area contributed by atoms with E-state index < -0.39 is 0 Å². The van der Waals surface area contributed by atoms with Crippen molar-refractivity contribution in [1.29, 1.82) is 0 Å². The number of benzene rings is 1. The summed E-state index contributed by atoms with van der Waals surface area (Å²) in [5.74, 6) is 0. The van der Waals surface area contributed by atoms with Gasteiger partial charge in [-0.1, -0.05) is 31.5 Å². The molecule has 0 spiro atoms. The number of rotatable bonds is 6. The smallest absolute Gasteiger partial charge is 0.0648 e. The van der Waals surface area contributed by atoms with Crippen LogP contribution in [0.25, 0.3) is 5.69 Å². The molecule has 0 fully saturated rings. The zero-order valence-corrected chi connectivity index (χ0v) is 11.2. The van der Waals surface area contributed by atoms with Gasteiger partial charge in [-0.3, -0.25) is 0 Å². The zero-order chi connectivity index (χ0) is 12.8. The molecule has 0 aliphatic heterocycles. The van der Waals surface area contributed by atoms with E-state index in [1.807, 2.05) is 29.1 Å². The molecular weight excluding hydrogens is 222 g/mol. The zero-order valence-electron chi connectivity index (χ0n) is 11.2. The van der Waals surface area contributed by atoms with Crippen molar-refractivity contribution in [3.05, 3.63) is 47.8 Å². The molecule has 2 rings (SSSR count). The van der Waals surface area contributed by atoms with Gasteiger partial charge in [-0.2, -0.15) is 5.10 Å². The Morgan fingerprint density at radius 2 is 2.00 bits per heavy atom. The van der Waals surface area contributed by atoms with E-state index in [-0.39, 0.29) is 0 Å². The lowest BCUT2D eigenvalue weighted by atomic mass is 10.2. The van der Waals surface area contributed by atoms with Gasteiger partial charge in [0.05, 0.1) is 11.9 Å². The lowest BCUT2D eigenvalue weighted by Crippen LogP contribution is -2.14. The molecule has 3 nitrogen and oxygen atoms in total. The van der Waals surface area contributed by atoms with Gasteiger partial charge >= 0.3 is 0 Å². The first-order chi connectivity index (χ1) is 8.83. The number of nitrogens with zero attached hydrogens (tertiary/aromatic N) is 2. The summed E-state index contributed by atoms with van der Waals surface area (Å²) >= 11 is 0. The molecule has 1 N–H and O–H groups in total. The van der Waals surface area contributed by atoms with Crippen LogP contribution in [0.2, 0.25) is 0 Å². The second-order valence-corrected chi connectivity index (χ2v) is 4.53. The van der Waals surface area contributed by atoms with Crippen molar-refractivity contribution in [2.45, 2.75) is 33.2 Å². The Labute approximate surface area is 109 Å². The third-order valence-corrected chi connectivity index (χ3v) is 3.13. The molecule has 0 bridgehead atoms. The lowest BCUT2D eigenvalue weighted by Gasteiger charge is -2.06. The molecule has 0 saturated carbocycles. The van der Waals surface area contributed by atoms with Crippen LogP contribution in [0.4, 0.5) is 0 Å². The van der Waals surface area contributed by atoms with Gasteiger partial charge in [0.1, 0.15) is 0 Å². The van der Waals surface area contributed by atoms with Gasteiger partial charge in [-0.25, -0.2) is 4.68 Å². The van der Waals surface area contributed by atoms with Crippen LogP contribution in [0, 0.1) is 6.92 Å². The largest absolute Gasteiger partial charge is 0.313 e. The number of nitrogens with one attached hydrogen (secondary N) is 1. The van der Waals surface area contributed by atoms with Crippen molar-refractivity contribution in [1.82, 2.24) is 15.1 Å². The second-order valence-electron chi connectivity index (χ2n) is 4.53. The molecule has 18 heavy (non-hydrogen) atoms. The van der Waals surface area contributed by atoms with Gasteiger partial charge in [-0.05, 0) is 32.0 Å². The van der Waals surface area contributed by atoms with Gasteiger partial charge in [0.2, 0.25) is 0 Å². The molecule has 2 aromatic rings. The minimum absolute atomic E-state index is 0.901. The summed E-state index contributed by atoms with van der Waals surface area (Å²) in [7, 11) is 0. The Bertz CT molecular complexity index is 474. The Balaban J connectivity index is 2.05. The predicted molar refractivity (Wildman–Crippen MR) is 74.9 cm³/mol. The molecule has 1 heterocycles. The van der Waals surface area contributed by atoms with E-state index in [0.29, 0.717) is 0 Å².